The Hall–Kier alpha value is -1.84. The fraction of sp³-hybridized carbons (Fsp3) is 0.222. The van der Waals surface area contributed by atoms with E-state index in [0.29, 0.717) is 17.0 Å². The van der Waals surface area contributed by atoms with E-state index in [1.165, 1.54) is 5.56 Å². The fourth-order valence-corrected chi connectivity index (χ4v) is 3.42. The second-order valence-corrected chi connectivity index (χ2v) is 6.60. The van der Waals surface area contributed by atoms with E-state index in [9.17, 15) is 0 Å². The summed E-state index contributed by atoms with van der Waals surface area (Å²) >= 11 is 12.1. The molecule has 1 aliphatic rings. The first-order valence-corrected chi connectivity index (χ1v) is 8.17. The number of fused-ring (bicyclic) bond motifs is 1. The van der Waals surface area contributed by atoms with Crippen LogP contribution in [0.3, 0.4) is 0 Å². The van der Waals surface area contributed by atoms with Crippen LogP contribution in [-0.4, -0.2) is 17.1 Å². The Morgan fingerprint density at radius 1 is 1.13 bits per heavy atom. The number of hydrogen-bond donors (Lipinski definition) is 0. The van der Waals surface area contributed by atoms with Crippen molar-refractivity contribution in [3.05, 3.63) is 64.0 Å². The molecular formula is C18H14Cl2N2O. The molecule has 0 unspecified atom stereocenters. The Bertz CT molecular complexity index is 897. The molecule has 5 heteroatoms. The summed E-state index contributed by atoms with van der Waals surface area (Å²) in [7, 11) is 1.66. The number of pyridine rings is 2. The standard InChI is InChI=1S/C18H14Cl2N2O/c1-23-17-7-15(22-16-8-18(20)21-9-14(16)17)13-6-12(13)10-3-2-4-11(19)5-10/h2-5,7-9,12-13H,6H2,1H3/t12-,13+/m1/s1. The highest BCUT2D eigenvalue weighted by Gasteiger charge is 2.41. The van der Waals surface area contributed by atoms with E-state index in [1.807, 2.05) is 24.3 Å². The van der Waals surface area contributed by atoms with Crippen molar-refractivity contribution in [1.82, 2.24) is 9.97 Å². The van der Waals surface area contributed by atoms with Crippen molar-refractivity contribution in [3.63, 3.8) is 0 Å². The van der Waals surface area contributed by atoms with Gasteiger partial charge in [0.25, 0.3) is 0 Å². The van der Waals surface area contributed by atoms with E-state index in [0.717, 1.165) is 33.8 Å². The van der Waals surface area contributed by atoms with Gasteiger partial charge in [-0.1, -0.05) is 35.3 Å². The van der Waals surface area contributed by atoms with Gasteiger partial charge < -0.3 is 4.74 Å². The molecule has 2 aromatic heterocycles. The van der Waals surface area contributed by atoms with Crippen LogP contribution in [0.15, 0.2) is 42.6 Å². The third-order valence-corrected chi connectivity index (χ3v) is 4.75. The predicted molar refractivity (Wildman–Crippen MR) is 92.7 cm³/mol. The lowest BCUT2D eigenvalue weighted by molar-refractivity contribution is 0.418. The molecule has 1 aliphatic carbocycles. The Labute approximate surface area is 144 Å². The van der Waals surface area contributed by atoms with Crippen LogP contribution < -0.4 is 4.74 Å². The van der Waals surface area contributed by atoms with Crippen molar-refractivity contribution in [1.29, 1.82) is 0 Å². The Balaban J connectivity index is 1.73. The van der Waals surface area contributed by atoms with E-state index in [2.05, 4.69) is 11.1 Å². The highest BCUT2D eigenvalue weighted by atomic mass is 35.5. The minimum atomic E-state index is 0.388. The normalized spacial score (nSPS) is 19.8. The quantitative estimate of drug-likeness (QED) is 0.611. The molecule has 0 amide bonds. The summed E-state index contributed by atoms with van der Waals surface area (Å²) in [6.07, 6.45) is 2.77. The van der Waals surface area contributed by atoms with Gasteiger partial charge in [0.15, 0.2) is 0 Å². The first-order chi connectivity index (χ1) is 11.2. The minimum absolute atomic E-state index is 0.388. The number of methoxy groups -OCH3 is 1. The summed E-state index contributed by atoms with van der Waals surface area (Å²) < 4.78 is 5.50. The largest absolute Gasteiger partial charge is 0.496 e. The zero-order valence-corrected chi connectivity index (χ0v) is 14.0. The van der Waals surface area contributed by atoms with Crippen molar-refractivity contribution in [2.24, 2.45) is 0 Å². The first kappa shape index (κ1) is 14.7. The molecule has 1 aromatic carbocycles. The summed E-state index contributed by atoms with van der Waals surface area (Å²) in [4.78, 5) is 8.88. The Kier molecular flexibility index (Phi) is 3.63. The van der Waals surface area contributed by atoms with Gasteiger partial charge in [0.1, 0.15) is 10.9 Å². The minimum Gasteiger partial charge on any atom is -0.496 e. The van der Waals surface area contributed by atoms with Crippen molar-refractivity contribution in [2.45, 2.75) is 18.3 Å². The van der Waals surface area contributed by atoms with Gasteiger partial charge in [0, 0.05) is 35.0 Å². The lowest BCUT2D eigenvalue weighted by Gasteiger charge is -2.09. The number of benzene rings is 1. The van der Waals surface area contributed by atoms with Crippen LogP contribution in [0.1, 0.15) is 29.5 Å². The van der Waals surface area contributed by atoms with Gasteiger partial charge in [-0.15, -0.1) is 0 Å². The summed E-state index contributed by atoms with van der Waals surface area (Å²) in [5.41, 5.74) is 3.11. The molecule has 0 aliphatic heterocycles. The molecular weight excluding hydrogens is 331 g/mol. The maximum atomic E-state index is 6.10. The molecule has 1 fully saturated rings. The van der Waals surface area contributed by atoms with Gasteiger partial charge in [-0.05, 0) is 30.0 Å². The monoisotopic (exact) mass is 344 g/mol. The predicted octanol–water partition coefficient (Wildman–Crippen LogP) is 5.22. The molecule has 4 rings (SSSR count). The SMILES string of the molecule is COc1cc([C@H]2C[C@@H]2c2cccc(Cl)c2)nc2cc(Cl)ncc12. The van der Waals surface area contributed by atoms with E-state index in [-0.39, 0.29) is 0 Å². The number of aromatic nitrogens is 2. The van der Waals surface area contributed by atoms with Crippen LogP contribution in [-0.2, 0) is 0 Å². The summed E-state index contributed by atoms with van der Waals surface area (Å²) in [5.74, 6) is 1.63. The van der Waals surface area contributed by atoms with E-state index in [1.54, 1.807) is 19.4 Å². The fourth-order valence-electron chi connectivity index (χ4n) is 3.07. The van der Waals surface area contributed by atoms with Crippen molar-refractivity contribution >= 4 is 34.1 Å². The third-order valence-electron chi connectivity index (χ3n) is 4.31. The average molecular weight is 345 g/mol. The molecule has 0 spiro atoms. The molecule has 0 saturated heterocycles. The topological polar surface area (TPSA) is 35.0 Å². The summed E-state index contributed by atoms with van der Waals surface area (Å²) in [6, 6.07) is 11.8. The number of ether oxygens (including phenoxy) is 1. The maximum Gasteiger partial charge on any atom is 0.131 e. The zero-order valence-electron chi connectivity index (χ0n) is 12.5. The Morgan fingerprint density at radius 2 is 2.00 bits per heavy atom. The van der Waals surface area contributed by atoms with Crippen LogP contribution in [0.2, 0.25) is 10.2 Å². The van der Waals surface area contributed by atoms with E-state index >= 15 is 0 Å². The highest BCUT2D eigenvalue weighted by molar-refractivity contribution is 6.30. The van der Waals surface area contributed by atoms with Gasteiger partial charge in [-0.3, -0.25) is 4.98 Å². The first-order valence-electron chi connectivity index (χ1n) is 7.41. The summed E-state index contributed by atoms with van der Waals surface area (Å²) in [6.45, 7) is 0. The molecule has 3 aromatic rings. The van der Waals surface area contributed by atoms with Gasteiger partial charge in [-0.25, -0.2) is 4.98 Å². The molecule has 2 atom stereocenters. The van der Waals surface area contributed by atoms with Crippen molar-refractivity contribution in [2.75, 3.05) is 7.11 Å². The summed E-state index contributed by atoms with van der Waals surface area (Å²) in [5, 5.41) is 2.09. The second-order valence-electron chi connectivity index (χ2n) is 5.78. The number of halogens is 2. The van der Waals surface area contributed by atoms with Crippen LogP contribution in [0.25, 0.3) is 10.9 Å². The molecule has 116 valence electrons. The van der Waals surface area contributed by atoms with Crippen LogP contribution in [0, 0.1) is 0 Å². The number of hydrogen-bond acceptors (Lipinski definition) is 3. The van der Waals surface area contributed by atoms with Gasteiger partial charge in [0.05, 0.1) is 18.0 Å². The number of rotatable bonds is 3. The van der Waals surface area contributed by atoms with Gasteiger partial charge >= 0.3 is 0 Å². The van der Waals surface area contributed by atoms with Gasteiger partial charge in [0.2, 0.25) is 0 Å². The second kappa shape index (κ2) is 5.66. The molecule has 3 nitrogen and oxygen atoms in total. The van der Waals surface area contributed by atoms with E-state index < -0.39 is 0 Å². The zero-order chi connectivity index (χ0) is 16.0. The molecule has 0 bridgehead atoms. The lowest BCUT2D eigenvalue weighted by atomic mass is 10.1. The van der Waals surface area contributed by atoms with Crippen molar-refractivity contribution in [3.8, 4) is 5.75 Å². The molecule has 0 N–H and O–H groups in total. The molecule has 1 saturated carbocycles. The maximum absolute atomic E-state index is 6.10. The van der Waals surface area contributed by atoms with Gasteiger partial charge in [-0.2, -0.15) is 0 Å². The van der Waals surface area contributed by atoms with E-state index in [4.69, 9.17) is 32.9 Å². The lowest BCUT2D eigenvalue weighted by Crippen LogP contribution is -1.95. The molecule has 23 heavy (non-hydrogen) atoms. The third kappa shape index (κ3) is 2.75. The Morgan fingerprint density at radius 3 is 2.78 bits per heavy atom. The molecule has 2 heterocycles. The number of nitrogens with zero attached hydrogens (tertiary/aromatic N) is 2. The smallest absolute Gasteiger partial charge is 0.131 e. The van der Waals surface area contributed by atoms with Crippen molar-refractivity contribution < 1.29 is 4.74 Å². The average Bonchev–Trinajstić information content (AvgIpc) is 3.34. The molecule has 0 radical (unpaired) electrons. The van der Waals surface area contributed by atoms with Crippen LogP contribution in [0.4, 0.5) is 0 Å². The van der Waals surface area contributed by atoms with Crippen LogP contribution in [0.5, 0.6) is 5.75 Å². The highest BCUT2D eigenvalue weighted by Crippen LogP contribution is 2.55. The van der Waals surface area contributed by atoms with Crippen LogP contribution >= 0.6 is 23.2 Å².